The van der Waals surface area contributed by atoms with E-state index < -0.39 is 0 Å². The van der Waals surface area contributed by atoms with Crippen LogP contribution in [0.4, 0.5) is 0 Å². The summed E-state index contributed by atoms with van der Waals surface area (Å²) >= 11 is 1.64. The van der Waals surface area contributed by atoms with Crippen molar-refractivity contribution in [2.75, 3.05) is 6.54 Å². The van der Waals surface area contributed by atoms with Crippen molar-refractivity contribution in [1.29, 1.82) is 0 Å². The van der Waals surface area contributed by atoms with E-state index in [9.17, 15) is 4.79 Å². The number of rotatable bonds is 3. The highest BCUT2D eigenvalue weighted by atomic mass is 32.1. The fourth-order valence-corrected chi connectivity index (χ4v) is 4.16. The highest BCUT2D eigenvalue weighted by Crippen LogP contribution is 2.29. The van der Waals surface area contributed by atoms with Crippen molar-refractivity contribution in [2.45, 2.75) is 19.4 Å². The predicted octanol–water partition coefficient (Wildman–Crippen LogP) is 3.47. The first-order valence-corrected chi connectivity index (χ1v) is 9.70. The molecule has 1 amide bonds. The first kappa shape index (κ1) is 16.1. The van der Waals surface area contributed by atoms with Gasteiger partial charge in [-0.15, -0.1) is 0 Å². The zero-order valence-corrected chi connectivity index (χ0v) is 15.3. The van der Waals surface area contributed by atoms with Gasteiger partial charge in [0.25, 0.3) is 0 Å². The van der Waals surface area contributed by atoms with Gasteiger partial charge in [-0.3, -0.25) is 4.79 Å². The summed E-state index contributed by atoms with van der Waals surface area (Å²) < 4.78 is 5.32. The van der Waals surface area contributed by atoms with Gasteiger partial charge in [-0.25, -0.2) is 9.97 Å². The maximum Gasteiger partial charge on any atom is 0.229 e. The minimum Gasteiger partial charge on any atom is -0.356 e. The zero-order valence-electron chi connectivity index (χ0n) is 14.5. The Kier molecular flexibility index (Phi) is 3.94. The van der Waals surface area contributed by atoms with Crippen molar-refractivity contribution in [3.63, 3.8) is 0 Å². The van der Waals surface area contributed by atoms with E-state index in [2.05, 4.69) is 26.6 Å². The monoisotopic (exact) mass is 376 g/mol. The molecule has 0 unspecified atom stereocenters. The molecule has 6 nitrogen and oxygen atoms in total. The van der Waals surface area contributed by atoms with Gasteiger partial charge >= 0.3 is 0 Å². The second-order valence-corrected chi connectivity index (χ2v) is 7.31. The molecule has 0 fully saturated rings. The molecule has 4 heterocycles. The highest BCUT2D eigenvalue weighted by Gasteiger charge is 2.26. The first-order valence-electron chi connectivity index (χ1n) is 8.76. The van der Waals surface area contributed by atoms with Gasteiger partial charge in [0.1, 0.15) is 12.0 Å². The Morgan fingerprint density at radius 3 is 3.04 bits per heavy atom. The van der Waals surface area contributed by atoms with Crippen molar-refractivity contribution in [3.05, 3.63) is 64.4 Å². The summed E-state index contributed by atoms with van der Waals surface area (Å²) in [5.41, 5.74) is 5.46. The lowest BCUT2D eigenvalue weighted by molar-refractivity contribution is -0.131. The van der Waals surface area contributed by atoms with Crippen LogP contribution in [0.2, 0.25) is 0 Å². The Morgan fingerprint density at radius 2 is 2.15 bits per heavy atom. The Bertz CT molecular complexity index is 1120. The van der Waals surface area contributed by atoms with Crippen molar-refractivity contribution in [1.82, 2.24) is 20.0 Å². The minimum absolute atomic E-state index is 0.0415. The van der Waals surface area contributed by atoms with Crippen LogP contribution in [0.5, 0.6) is 0 Å². The lowest BCUT2D eigenvalue weighted by atomic mass is 10.0. The largest absolute Gasteiger partial charge is 0.356 e. The number of aromatic nitrogens is 3. The van der Waals surface area contributed by atoms with Gasteiger partial charge in [-0.2, -0.15) is 11.3 Å². The van der Waals surface area contributed by atoms with Crippen LogP contribution < -0.4 is 0 Å². The quantitative estimate of drug-likeness (QED) is 0.547. The zero-order chi connectivity index (χ0) is 18.2. The number of benzene rings is 1. The van der Waals surface area contributed by atoms with Crippen LogP contribution in [-0.4, -0.2) is 32.5 Å². The third-order valence-electron chi connectivity index (χ3n) is 4.92. The van der Waals surface area contributed by atoms with E-state index in [1.807, 2.05) is 34.5 Å². The fraction of sp³-hybridized carbons (Fsp3) is 0.200. The molecule has 4 aromatic rings. The molecule has 134 valence electrons. The average Bonchev–Trinajstić information content (AvgIpc) is 3.38. The summed E-state index contributed by atoms with van der Waals surface area (Å²) in [5.74, 6) is 0.0415. The first-order chi connectivity index (χ1) is 13.3. The van der Waals surface area contributed by atoms with Gasteiger partial charge < -0.3 is 9.42 Å². The fourth-order valence-electron chi connectivity index (χ4n) is 3.52. The molecule has 1 aromatic carbocycles. The lowest BCUT2D eigenvalue weighted by Gasteiger charge is -2.29. The molecule has 1 aliphatic heterocycles. The molecule has 0 spiro atoms. The minimum atomic E-state index is 0.0415. The predicted molar refractivity (Wildman–Crippen MR) is 102 cm³/mol. The number of amides is 1. The van der Waals surface area contributed by atoms with Crippen LogP contribution in [0.1, 0.15) is 17.0 Å². The highest BCUT2D eigenvalue weighted by molar-refractivity contribution is 7.08. The topological polar surface area (TPSA) is 72.1 Å². The smallest absolute Gasteiger partial charge is 0.229 e. The van der Waals surface area contributed by atoms with Crippen molar-refractivity contribution in [2.24, 2.45) is 0 Å². The summed E-state index contributed by atoms with van der Waals surface area (Å²) in [6.45, 7) is 1.18. The van der Waals surface area contributed by atoms with Crippen molar-refractivity contribution >= 4 is 28.2 Å². The molecule has 0 saturated heterocycles. The number of hydrogen-bond acceptors (Lipinski definition) is 6. The van der Waals surface area contributed by atoms with E-state index in [1.54, 1.807) is 17.7 Å². The third kappa shape index (κ3) is 2.90. The van der Waals surface area contributed by atoms with Crippen LogP contribution >= 0.6 is 11.3 Å². The normalized spacial score (nSPS) is 13.7. The number of para-hydroxylation sites is 1. The van der Waals surface area contributed by atoms with E-state index >= 15 is 0 Å². The van der Waals surface area contributed by atoms with E-state index in [1.165, 1.54) is 0 Å². The van der Waals surface area contributed by atoms with Gasteiger partial charge in [-0.05, 0) is 23.6 Å². The van der Waals surface area contributed by atoms with Crippen LogP contribution in [0.25, 0.3) is 22.2 Å². The van der Waals surface area contributed by atoms with Gasteiger partial charge in [0.2, 0.25) is 5.91 Å². The van der Waals surface area contributed by atoms with Crippen LogP contribution in [0.3, 0.4) is 0 Å². The summed E-state index contributed by atoms with van der Waals surface area (Å²) in [6.07, 6.45) is 2.58. The average molecular weight is 376 g/mol. The van der Waals surface area contributed by atoms with Crippen molar-refractivity contribution < 1.29 is 9.32 Å². The second-order valence-electron chi connectivity index (χ2n) is 6.53. The van der Waals surface area contributed by atoms with E-state index in [-0.39, 0.29) is 12.3 Å². The van der Waals surface area contributed by atoms with E-state index in [4.69, 9.17) is 4.52 Å². The van der Waals surface area contributed by atoms with Crippen LogP contribution in [-0.2, 0) is 24.2 Å². The molecule has 27 heavy (non-hydrogen) atoms. The molecule has 0 saturated carbocycles. The Labute approximate surface area is 159 Å². The summed E-state index contributed by atoms with van der Waals surface area (Å²) in [7, 11) is 0. The van der Waals surface area contributed by atoms with E-state index in [0.29, 0.717) is 24.4 Å². The Balaban J connectivity index is 1.41. The molecule has 0 atom stereocenters. The number of thiophene rings is 1. The molecule has 0 bridgehead atoms. The van der Waals surface area contributed by atoms with Crippen LogP contribution in [0.15, 0.2) is 51.9 Å². The number of carbonyl (C=O) groups excluding carboxylic acids is 1. The SMILES string of the molecule is O=C(Cc1noc2ccccc12)N1CCc2ncnc(-c3ccsc3)c2C1. The molecule has 0 radical (unpaired) electrons. The van der Waals surface area contributed by atoms with Crippen molar-refractivity contribution in [3.8, 4) is 11.3 Å². The molecule has 0 aliphatic carbocycles. The number of fused-ring (bicyclic) bond motifs is 2. The van der Waals surface area contributed by atoms with Gasteiger partial charge in [0.05, 0.1) is 17.8 Å². The maximum atomic E-state index is 12.9. The molecule has 1 aliphatic rings. The molecule has 5 rings (SSSR count). The lowest BCUT2D eigenvalue weighted by Crippen LogP contribution is -2.37. The van der Waals surface area contributed by atoms with Crippen LogP contribution in [0, 0.1) is 0 Å². The Hall–Kier alpha value is -3.06. The molecule has 0 N–H and O–H groups in total. The molecular formula is C20H16N4O2S. The molecule has 3 aromatic heterocycles. The van der Waals surface area contributed by atoms with E-state index in [0.717, 1.165) is 34.3 Å². The maximum absolute atomic E-state index is 12.9. The Morgan fingerprint density at radius 1 is 1.22 bits per heavy atom. The summed E-state index contributed by atoms with van der Waals surface area (Å²) in [4.78, 5) is 23.7. The summed E-state index contributed by atoms with van der Waals surface area (Å²) in [6, 6.07) is 9.66. The molecule has 7 heteroatoms. The second kappa shape index (κ2) is 6.59. The summed E-state index contributed by atoms with van der Waals surface area (Å²) in [5, 5.41) is 9.09. The van der Waals surface area contributed by atoms with Gasteiger partial charge in [0, 0.05) is 41.4 Å². The number of hydrogen-bond donors (Lipinski definition) is 0. The molecular weight excluding hydrogens is 360 g/mol. The standard InChI is InChI=1S/C20H16N4O2S/c25-19(9-17-14-3-1-2-4-18(14)26-23-17)24-7-5-16-15(10-24)20(22-12-21-16)13-6-8-27-11-13/h1-4,6,8,11-12H,5,7,9-10H2. The van der Waals surface area contributed by atoms with Gasteiger partial charge in [0.15, 0.2) is 5.58 Å². The van der Waals surface area contributed by atoms with Gasteiger partial charge in [-0.1, -0.05) is 17.3 Å². The third-order valence-corrected chi connectivity index (χ3v) is 5.60. The number of carbonyl (C=O) groups is 1. The number of nitrogens with zero attached hydrogens (tertiary/aromatic N) is 4.